The fourth-order valence-corrected chi connectivity index (χ4v) is 3.96. The van der Waals surface area contributed by atoms with Crippen LogP contribution in [0.3, 0.4) is 0 Å². The molecule has 172 valence electrons. The zero-order valence-electron chi connectivity index (χ0n) is 18.1. The molecule has 1 heterocycles. The second-order valence-electron chi connectivity index (χ2n) is 8.15. The van der Waals surface area contributed by atoms with Crippen LogP contribution in [0.15, 0.2) is 48.5 Å². The van der Waals surface area contributed by atoms with Gasteiger partial charge in [0.05, 0.1) is 12.7 Å². The van der Waals surface area contributed by atoms with Crippen LogP contribution in [0.25, 0.3) is 0 Å². The molecule has 0 bridgehead atoms. The molecule has 1 saturated heterocycles. The van der Waals surface area contributed by atoms with E-state index in [1.807, 2.05) is 31.2 Å². The minimum Gasteiger partial charge on any atom is -0.468 e. The largest absolute Gasteiger partial charge is 0.468 e. The molecule has 5 nitrogen and oxygen atoms in total. The smallest absolute Gasteiger partial charge is 0.416 e. The molecule has 0 unspecified atom stereocenters. The SMILES string of the molecule is COC(=O)[C@@H]1C[C@H](NC(=O)CCc2ccc(C)cc2)CN1Cc1cccc(C(F)(F)F)c1. The number of halogens is 3. The predicted octanol–water partition coefficient (Wildman–Crippen LogP) is 3.88. The van der Waals surface area contributed by atoms with E-state index in [4.69, 9.17) is 4.74 Å². The molecule has 32 heavy (non-hydrogen) atoms. The number of rotatable bonds is 7. The van der Waals surface area contributed by atoms with Crippen LogP contribution >= 0.6 is 0 Å². The summed E-state index contributed by atoms with van der Waals surface area (Å²) in [6.45, 7) is 2.51. The fourth-order valence-electron chi connectivity index (χ4n) is 3.96. The molecule has 0 aliphatic carbocycles. The number of methoxy groups -OCH3 is 1. The summed E-state index contributed by atoms with van der Waals surface area (Å²) < 4.78 is 44.0. The number of hydrogen-bond acceptors (Lipinski definition) is 4. The first kappa shape index (κ1) is 23.8. The summed E-state index contributed by atoms with van der Waals surface area (Å²) in [6.07, 6.45) is -3.16. The van der Waals surface area contributed by atoms with E-state index in [0.29, 0.717) is 31.4 Å². The standard InChI is InChI=1S/C24H27F3N2O3/c1-16-6-8-17(9-7-16)10-11-22(30)28-20-13-21(23(31)32-2)29(15-20)14-18-4-3-5-19(12-18)24(25,26)27/h3-9,12,20-21H,10-11,13-15H2,1-2H3,(H,28,30)/t20-,21-/m0/s1. The Bertz CT molecular complexity index is 944. The normalized spacial score (nSPS) is 19.0. The Hall–Kier alpha value is -2.87. The monoisotopic (exact) mass is 448 g/mol. The van der Waals surface area contributed by atoms with Gasteiger partial charge in [-0.25, -0.2) is 0 Å². The van der Waals surface area contributed by atoms with E-state index in [-0.39, 0.29) is 18.5 Å². The number of amides is 1. The van der Waals surface area contributed by atoms with Gasteiger partial charge in [-0.2, -0.15) is 13.2 Å². The minimum absolute atomic E-state index is 0.125. The van der Waals surface area contributed by atoms with Crippen LogP contribution in [0.4, 0.5) is 13.2 Å². The van der Waals surface area contributed by atoms with Crippen LogP contribution in [0, 0.1) is 6.92 Å². The lowest BCUT2D eigenvalue weighted by Crippen LogP contribution is -2.37. The molecule has 0 saturated carbocycles. The highest BCUT2D eigenvalue weighted by Gasteiger charge is 2.38. The van der Waals surface area contributed by atoms with Crippen molar-refractivity contribution >= 4 is 11.9 Å². The number of likely N-dealkylation sites (tertiary alicyclic amines) is 1. The zero-order chi connectivity index (χ0) is 23.3. The molecule has 1 N–H and O–H groups in total. The summed E-state index contributed by atoms with van der Waals surface area (Å²) in [7, 11) is 1.28. The van der Waals surface area contributed by atoms with Gasteiger partial charge in [-0.3, -0.25) is 14.5 Å². The fraction of sp³-hybridized carbons (Fsp3) is 0.417. The van der Waals surface area contributed by atoms with Gasteiger partial charge in [-0.1, -0.05) is 48.0 Å². The number of nitrogens with one attached hydrogen (secondary N) is 1. The maximum absolute atomic E-state index is 13.0. The van der Waals surface area contributed by atoms with Crippen LogP contribution < -0.4 is 5.32 Å². The van der Waals surface area contributed by atoms with Crippen LogP contribution in [0.1, 0.15) is 35.1 Å². The van der Waals surface area contributed by atoms with Crippen molar-refractivity contribution in [2.75, 3.05) is 13.7 Å². The molecule has 1 aliphatic heterocycles. The number of hydrogen-bond donors (Lipinski definition) is 1. The number of esters is 1. The Balaban J connectivity index is 1.61. The van der Waals surface area contributed by atoms with Gasteiger partial charge in [0.1, 0.15) is 6.04 Å². The third-order valence-electron chi connectivity index (χ3n) is 5.64. The molecular weight excluding hydrogens is 421 g/mol. The molecule has 1 amide bonds. The Labute approximate surface area is 185 Å². The lowest BCUT2D eigenvalue weighted by molar-refractivity contribution is -0.146. The number of carbonyl (C=O) groups excluding carboxylic acids is 2. The van der Waals surface area contributed by atoms with E-state index in [1.54, 1.807) is 11.0 Å². The molecule has 1 aliphatic rings. The molecule has 3 rings (SSSR count). The Morgan fingerprint density at radius 2 is 1.84 bits per heavy atom. The van der Waals surface area contributed by atoms with E-state index in [0.717, 1.165) is 23.3 Å². The Kier molecular flexibility index (Phi) is 7.56. The third-order valence-corrected chi connectivity index (χ3v) is 5.64. The highest BCUT2D eigenvalue weighted by Crippen LogP contribution is 2.30. The molecule has 8 heteroatoms. The first-order valence-corrected chi connectivity index (χ1v) is 10.5. The van der Waals surface area contributed by atoms with Gasteiger partial charge < -0.3 is 10.1 Å². The van der Waals surface area contributed by atoms with E-state index in [9.17, 15) is 22.8 Å². The molecule has 0 aromatic heterocycles. The second kappa shape index (κ2) is 10.2. The van der Waals surface area contributed by atoms with Crippen LogP contribution in [-0.2, 0) is 33.5 Å². The van der Waals surface area contributed by atoms with Gasteiger partial charge in [-0.05, 0) is 37.0 Å². The zero-order valence-corrected chi connectivity index (χ0v) is 18.1. The predicted molar refractivity (Wildman–Crippen MR) is 114 cm³/mol. The highest BCUT2D eigenvalue weighted by atomic mass is 19.4. The van der Waals surface area contributed by atoms with Gasteiger partial charge in [0.15, 0.2) is 0 Å². The van der Waals surface area contributed by atoms with Gasteiger partial charge in [0.25, 0.3) is 0 Å². The maximum Gasteiger partial charge on any atom is 0.416 e. The lowest BCUT2D eigenvalue weighted by Gasteiger charge is -2.22. The van der Waals surface area contributed by atoms with Crippen molar-refractivity contribution in [3.05, 3.63) is 70.8 Å². The Morgan fingerprint density at radius 1 is 1.12 bits per heavy atom. The van der Waals surface area contributed by atoms with E-state index >= 15 is 0 Å². The average Bonchev–Trinajstić information content (AvgIpc) is 3.14. The van der Waals surface area contributed by atoms with Crippen molar-refractivity contribution in [1.29, 1.82) is 0 Å². The minimum atomic E-state index is -4.43. The number of nitrogens with zero attached hydrogens (tertiary/aromatic N) is 1. The quantitative estimate of drug-likeness (QED) is 0.654. The van der Waals surface area contributed by atoms with Crippen molar-refractivity contribution < 1.29 is 27.5 Å². The van der Waals surface area contributed by atoms with Gasteiger partial charge in [0.2, 0.25) is 5.91 Å². The summed E-state index contributed by atoms with van der Waals surface area (Å²) in [5.74, 6) is -0.589. The first-order chi connectivity index (χ1) is 15.2. The molecular formula is C24H27F3N2O3. The summed E-state index contributed by atoms with van der Waals surface area (Å²) in [5, 5.41) is 2.95. The molecule has 0 spiro atoms. The summed E-state index contributed by atoms with van der Waals surface area (Å²) in [4.78, 5) is 26.4. The van der Waals surface area contributed by atoms with Crippen molar-refractivity contribution in [3.63, 3.8) is 0 Å². The molecule has 0 radical (unpaired) electrons. The van der Waals surface area contributed by atoms with Crippen molar-refractivity contribution in [2.24, 2.45) is 0 Å². The highest BCUT2D eigenvalue weighted by molar-refractivity contribution is 5.78. The number of alkyl halides is 3. The number of ether oxygens (including phenoxy) is 1. The van der Waals surface area contributed by atoms with Gasteiger partial charge >= 0.3 is 12.1 Å². The maximum atomic E-state index is 13.0. The van der Waals surface area contributed by atoms with Crippen LogP contribution in [-0.4, -0.2) is 42.5 Å². The number of benzene rings is 2. The van der Waals surface area contributed by atoms with Crippen molar-refractivity contribution in [1.82, 2.24) is 10.2 Å². The lowest BCUT2D eigenvalue weighted by atomic mass is 10.1. The number of aryl methyl sites for hydroxylation is 2. The van der Waals surface area contributed by atoms with Gasteiger partial charge in [0, 0.05) is 25.6 Å². The second-order valence-corrected chi connectivity index (χ2v) is 8.15. The first-order valence-electron chi connectivity index (χ1n) is 10.5. The molecule has 2 aromatic carbocycles. The summed E-state index contributed by atoms with van der Waals surface area (Å²) in [6, 6.07) is 12.1. The van der Waals surface area contributed by atoms with Crippen molar-refractivity contribution in [3.8, 4) is 0 Å². The topological polar surface area (TPSA) is 58.6 Å². The van der Waals surface area contributed by atoms with E-state index in [2.05, 4.69) is 5.32 Å². The van der Waals surface area contributed by atoms with Crippen molar-refractivity contribution in [2.45, 2.75) is 51.0 Å². The van der Waals surface area contributed by atoms with E-state index in [1.165, 1.54) is 13.2 Å². The molecule has 1 fully saturated rings. The average molecular weight is 448 g/mol. The number of carbonyl (C=O) groups is 2. The van der Waals surface area contributed by atoms with E-state index < -0.39 is 23.8 Å². The third kappa shape index (κ3) is 6.32. The molecule has 2 atom stereocenters. The van der Waals surface area contributed by atoms with Crippen LogP contribution in [0.2, 0.25) is 0 Å². The Morgan fingerprint density at radius 3 is 2.50 bits per heavy atom. The summed E-state index contributed by atoms with van der Waals surface area (Å²) >= 11 is 0. The van der Waals surface area contributed by atoms with Crippen LogP contribution in [0.5, 0.6) is 0 Å². The van der Waals surface area contributed by atoms with Gasteiger partial charge in [-0.15, -0.1) is 0 Å². The summed E-state index contributed by atoms with van der Waals surface area (Å²) in [5.41, 5.74) is 1.93. The molecule has 2 aromatic rings.